The first-order valence-corrected chi connectivity index (χ1v) is 11.2. The van der Waals surface area contributed by atoms with E-state index in [2.05, 4.69) is 20.8 Å². The van der Waals surface area contributed by atoms with Crippen molar-refractivity contribution in [3.8, 4) is 5.75 Å². The van der Waals surface area contributed by atoms with Gasteiger partial charge in [0.1, 0.15) is 11.5 Å². The number of ketones is 1. The number of likely N-dealkylation sites (tertiary alicyclic amines) is 1. The normalized spacial score (nSPS) is 17.7. The van der Waals surface area contributed by atoms with E-state index in [1.54, 1.807) is 12.1 Å². The van der Waals surface area contributed by atoms with Crippen molar-refractivity contribution in [1.29, 1.82) is 0 Å². The van der Waals surface area contributed by atoms with Crippen LogP contribution in [0.2, 0.25) is 0 Å². The lowest BCUT2D eigenvalue weighted by atomic mass is 9.94. The third kappa shape index (κ3) is 4.91. The number of phenolic OH excluding ortho intramolecular Hbond substituents is 1. The molecule has 0 aromatic heterocycles. The molecule has 1 heterocycles. The number of nitrogens with zero attached hydrogens (tertiary/aromatic N) is 3. The number of likely N-dealkylation sites (N-methyl/N-ethyl adjacent to an activating group) is 1. The minimum atomic E-state index is -1.04. The Morgan fingerprint density at radius 3 is 2.52 bits per heavy atom. The number of hydrogen-bond donors (Lipinski definition) is 2. The standard InChI is InChI=1S/C23H24BrN3O6/c1-3-25(4-2)10-11-26-20(14-6-5-7-16(12-14)27(32)33)19(22(30)23(26)31)21(29)17-13-15(24)8-9-18(17)28/h5-9,12-13,20,28-29H,3-4,10-11H2,1-2H3/b21-19+. The van der Waals surface area contributed by atoms with Crippen LogP contribution in [0.5, 0.6) is 5.75 Å². The predicted octanol–water partition coefficient (Wildman–Crippen LogP) is 3.83. The van der Waals surface area contributed by atoms with Gasteiger partial charge in [0.05, 0.1) is 22.1 Å². The number of nitro benzene ring substituents is 1. The van der Waals surface area contributed by atoms with E-state index in [9.17, 15) is 29.9 Å². The number of amides is 1. The maximum absolute atomic E-state index is 13.1. The molecule has 3 rings (SSSR count). The van der Waals surface area contributed by atoms with Crippen LogP contribution in [0.3, 0.4) is 0 Å². The topological polar surface area (TPSA) is 124 Å². The molecule has 1 unspecified atom stereocenters. The Hall–Kier alpha value is -3.24. The molecular weight excluding hydrogens is 494 g/mol. The molecule has 9 nitrogen and oxygen atoms in total. The van der Waals surface area contributed by atoms with Crippen LogP contribution in [0, 0.1) is 10.1 Å². The molecular formula is C23H24BrN3O6. The molecule has 1 amide bonds. The van der Waals surface area contributed by atoms with E-state index >= 15 is 0 Å². The summed E-state index contributed by atoms with van der Waals surface area (Å²) in [6.45, 7) is 6.10. The molecule has 0 aliphatic carbocycles. The number of benzene rings is 2. The highest BCUT2D eigenvalue weighted by atomic mass is 79.9. The minimum absolute atomic E-state index is 0.0263. The molecule has 0 radical (unpaired) electrons. The summed E-state index contributed by atoms with van der Waals surface area (Å²) >= 11 is 3.27. The SMILES string of the molecule is CCN(CC)CCN1C(=O)C(=O)/C(=C(/O)c2cc(Br)ccc2O)C1c1cccc([N+](=O)[O-])c1. The van der Waals surface area contributed by atoms with Crippen LogP contribution in [0.25, 0.3) is 5.76 Å². The van der Waals surface area contributed by atoms with Gasteiger partial charge < -0.3 is 20.0 Å². The molecule has 10 heteroatoms. The molecule has 0 spiro atoms. The zero-order chi connectivity index (χ0) is 24.3. The number of rotatable bonds is 8. The van der Waals surface area contributed by atoms with E-state index in [1.165, 1.54) is 35.2 Å². The Morgan fingerprint density at radius 1 is 1.18 bits per heavy atom. The first kappa shape index (κ1) is 24.4. The molecule has 1 fully saturated rings. The van der Waals surface area contributed by atoms with Crippen molar-refractivity contribution < 1.29 is 24.7 Å². The second-order valence-electron chi connectivity index (χ2n) is 7.53. The van der Waals surface area contributed by atoms with E-state index in [-0.39, 0.29) is 29.1 Å². The van der Waals surface area contributed by atoms with Crippen LogP contribution >= 0.6 is 15.9 Å². The highest BCUT2D eigenvalue weighted by Gasteiger charge is 2.46. The summed E-state index contributed by atoms with van der Waals surface area (Å²) < 4.78 is 0.546. The highest BCUT2D eigenvalue weighted by Crippen LogP contribution is 2.41. The second kappa shape index (κ2) is 10.1. The van der Waals surface area contributed by atoms with Gasteiger partial charge in [0, 0.05) is 29.7 Å². The van der Waals surface area contributed by atoms with Gasteiger partial charge in [0.25, 0.3) is 17.4 Å². The highest BCUT2D eigenvalue weighted by molar-refractivity contribution is 9.10. The fraction of sp³-hybridized carbons (Fsp3) is 0.304. The van der Waals surface area contributed by atoms with E-state index < -0.39 is 28.4 Å². The molecule has 1 saturated heterocycles. The monoisotopic (exact) mass is 517 g/mol. The fourth-order valence-electron chi connectivity index (χ4n) is 3.90. The Kier molecular flexibility index (Phi) is 7.50. The number of aliphatic hydroxyl groups excluding tert-OH is 1. The molecule has 174 valence electrons. The average Bonchev–Trinajstić information content (AvgIpc) is 3.06. The maximum atomic E-state index is 13.1. The van der Waals surface area contributed by atoms with Crippen molar-refractivity contribution in [2.75, 3.05) is 26.2 Å². The first-order chi connectivity index (χ1) is 15.7. The Morgan fingerprint density at radius 2 is 1.88 bits per heavy atom. The lowest BCUT2D eigenvalue weighted by molar-refractivity contribution is -0.384. The Bertz CT molecular complexity index is 1130. The van der Waals surface area contributed by atoms with Gasteiger partial charge in [-0.1, -0.05) is 41.9 Å². The zero-order valence-electron chi connectivity index (χ0n) is 18.2. The summed E-state index contributed by atoms with van der Waals surface area (Å²) in [5, 5.41) is 32.7. The van der Waals surface area contributed by atoms with Crippen LogP contribution in [0.1, 0.15) is 31.0 Å². The molecule has 0 saturated carbocycles. The quantitative estimate of drug-likeness (QED) is 0.179. The molecule has 1 aliphatic heterocycles. The molecule has 0 bridgehead atoms. The van der Waals surface area contributed by atoms with Crippen molar-refractivity contribution in [2.45, 2.75) is 19.9 Å². The molecule has 1 aliphatic rings. The predicted molar refractivity (Wildman–Crippen MR) is 126 cm³/mol. The number of hydrogen-bond acceptors (Lipinski definition) is 7. The number of Topliss-reactive ketones (excluding diaryl/α,β-unsaturated/α-hetero) is 1. The van der Waals surface area contributed by atoms with Crippen LogP contribution in [-0.4, -0.2) is 62.8 Å². The summed E-state index contributed by atoms with van der Waals surface area (Å²) in [6.07, 6.45) is 0. The summed E-state index contributed by atoms with van der Waals surface area (Å²) in [6, 6.07) is 8.93. The van der Waals surface area contributed by atoms with Crippen LogP contribution in [0.4, 0.5) is 5.69 Å². The lowest BCUT2D eigenvalue weighted by Crippen LogP contribution is -2.38. The number of aromatic hydroxyl groups is 1. The van der Waals surface area contributed by atoms with Gasteiger partial charge in [0.2, 0.25) is 0 Å². The van der Waals surface area contributed by atoms with Crippen molar-refractivity contribution in [3.63, 3.8) is 0 Å². The van der Waals surface area contributed by atoms with Gasteiger partial charge >= 0.3 is 0 Å². The summed E-state index contributed by atoms with van der Waals surface area (Å²) in [4.78, 5) is 40.2. The van der Waals surface area contributed by atoms with Crippen LogP contribution < -0.4 is 0 Å². The molecule has 2 aromatic carbocycles. The maximum Gasteiger partial charge on any atom is 0.295 e. The number of carbonyl (C=O) groups excluding carboxylic acids is 2. The van der Waals surface area contributed by atoms with E-state index in [1.807, 2.05) is 13.8 Å². The largest absolute Gasteiger partial charge is 0.507 e. The third-order valence-corrected chi connectivity index (χ3v) is 6.20. The Balaban J connectivity index is 2.19. The summed E-state index contributed by atoms with van der Waals surface area (Å²) in [5.41, 5.74) is -0.138. The minimum Gasteiger partial charge on any atom is -0.507 e. The number of non-ortho nitro benzene ring substituents is 1. The zero-order valence-corrected chi connectivity index (χ0v) is 19.8. The lowest BCUT2D eigenvalue weighted by Gasteiger charge is -2.28. The number of phenols is 1. The van der Waals surface area contributed by atoms with Gasteiger partial charge in [-0.15, -0.1) is 0 Å². The van der Waals surface area contributed by atoms with Crippen molar-refractivity contribution in [3.05, 3.63) is 73.8 Å². The smallest absolute Gasteiger partial charge is 0.295 e. The third-order valence-electron chi connectivity index (χ3n) is 5.70. The van der Waals surface area contributed by atoms with Crippen LogP contribution in [-0.2, 0) is 9.59 Å². The van der Waals surface area contributed by atoms with Gasteiger partial charge in [-0.05, 0) is 36.9 Å². The average molecular weight is 518 g/mol. The van der Waals surface area contributed by atoms with Crippen molar-refractivity contribution in [2.24, 2.45) is 0 Å². The number of carbonyl (C=O) groups is 2. The van der Waals surface area contributed by atoms with E-state index in [4.69, 9.17) is 0 Å². The van der Waals surface area contributed by atoms with E-state index in [0.717, 1.165) is 13.1 Å². The molecule has 33 heavy (non-hydrogen) atoms. The molecule has 2 aromatic rings. The second-order valence-corrected chi connectivity index (χ2v) is 8.45. The van der Waals surface area contributed by atoms with Gasteiger partial charge in [-0.25, -0.2) is 0 Å². The van der Waals surface area contributed by atoms with Crippen LogP contribution in [0.15, 0.2) is 52.5 Å². The van der Waals surface area contributed by atoms with Crippen molar-refractivity contribution >= 4 is 39.1 Å². The number of nitro groups is 1. The first-order valence-electron chi connectivity index (χ1n) is 10.4. The fourth-order valence-corrected chi connectivity index (χ4v) is 4.26. The Labute approximate surface area is 199 Å². The number of halogens is 1. The van der Waals surface area contributed by atoms with E-state index in [0.29, 0.717) is 16.6 Å². The van der Waals surface area contributed by atoms with Crippen molar-refractivity contribution in [1.82, 2.24) is 9.80 Å². The van der Waals surface area contributed by atoms with Gasteiger partial charge in [-0.3, -0.25) is 19.7 Å². The van der Waals surface area contributed by atoms with Gasteiger partial charge in [0.15, 0.2) is 0 Å². The number of aliphatic hydroxyl groups is 1. The van der Waals surface area contributed by atoms with Gasteiger partial charge in [-0.2, -0.15) is 0 Å². The molecule has 2 N–H and O–H groups in total. The molecule has 1 atom stereocenters. The summed E-state index contributed by atoms with van der Waals surface area (Å²) in [7, 11) is 0. The summed E-state index contributed by atoms with van der Waals surface area (Å²) in [5.74, 6) is -2.55.